The topological polar surface area (TPSA) is 167 Å². The number of alkyl halides is 9. The van der Waals surface area contributed by atoms with E-state index in [9.17, 15) is 47.9 Å². The molecule has 0 radical (unpaired) electrons. The Kier molecular flexibility index (Phi) is 17.3. The van der Waals surface area contributed by atoms with Crippen LogP contribution in [0.2, 0.25) is 0 Å². The monoisotopic (exact) mass is 592 g/mol. The molecule has 0 bridgehead atoms. The minimum atomic E-state index is -5.84. The maximum atomic E-state index is 11.5. The summed E-state index contributed by atoms with van der Waals surface area (Å²) in [5.74, 6) is 0. The predicted molar refractivity (Wildman–Crippen MR) is 102 cm³/mol. The maximum absolute atomic E-state index is 11.5. The first kappa shape index (κ1) is 40.2. The lowest BCUT2D eigenvalue weighted by Crippen LogP contribution is -2.40. The average molecular weight is 593 g/mol. The zero-order valence-corrected chi connectivity index (χ0v) is 20.7. The molecule has 0 spiro atoms. The van der Waals surface area contributed by atoms with E-state index < -0.39 is 52.8 Å². The third-order valence-corrected chi connectivity index (χ3v) is 4.51. The SMILES string of the molecule is CC(C)NC(C)C.CC(C)NS(=O)(=O)C(F)(F)F.O=S(=O)(O)C(F)(F)F.O=S(=O)(O)C(F)(F)F. The first-order valence-electron chi connectivity index (χ1n) is 8.21. The van der Waals surface area contributed by atoms with Gasteiger partial charge < -0.3 is 5.32 Å². The van der Waals surface area contributed by atoms with Crippen molar-refractivity contribution in [3.05, 3.63) is 0 Å². The lowest BCUT2D eigenvalue weighted by atomic mass is 10.3. The highest BCUT2D eigenvalue weighted by Crippen LogP contribution is 2.22. The third kappa shape index (κ3) is 22.8. The first-order valence-corrected chi connectivity index (χ1v) is 12.6. The van der Waals surface area contributed by atoms with Crippen LogP contribution < -0.4 is 10.0 Å². The Labute approximate surface area is 190 Å². The van der Waals surface area contributed by atoms with Crippen LogP contribution in [0.1, 0.15) is 41.5 Å². The molecule has 0 heterocycles. The van der Waals surface area contributed by atoms with Gasteiger partial charge in [-0.05, 0) is 13.8 Å². The Morgan fingerprint density at radius 2 is 0.735 bits per heavy atom. The second-order valence-electron chi connectivity index (χ2n) is 6.54. The van der Waals surface area contributed by atoms with Gasteiger partial charge in [-0.15, -0.1) is 0 Å². The minimum Gasteiger partial charge on any atom is -0.312 e. The summed E-state index contributed by atoms with van der Waals surface area (Å²) < 4.78 is 172. The van der Waals surface area contributed by atoms with Gasteiger partial charge in [0.25, 0.3) is 0 Å². The van der Waals surface area contributed by atoms with Crippen molar-refractivity contribution in [3.8, 4) is 0 Å². The fraction of sp³-hybridized carbons (Fsp3) is 1.00. The number of rotatable bonds is 4. The fourth-order valence-electron chi connectivity index (χ4n) is 1.04. The maximum Gasteiger partial charge on any atom is 0.522 e. The Morgan fingerprint density at radius 1 is 0.529 bits per heavy atom. The molecule has 4 N–H and O–H groups in total. The van der Waals surface area contributed by atoms with Crippen molar-refractivity contribution in [3.63, 3.8) is 0 Å². The molecular formula is C12H25F9N2O8S3. The third-order valence-electron chi connectivity index (χ3n) is 1.95. The lowest BCUT2D eigenvalue weighted by molar-refractivity contribution is -0.0514. The van der Waals surface area contributed by atoms with E-state index in [1.54, 1.807) is 0 Å². The molecule has 0 aliphatic carbocycles. The first-order chi connectivity index (χ1) is 14.3. The molecule has 0 saturated carbocycles. The van der Waals surface area contributed by atoms with Crippen molar-refractivity contribution in [1.82, 2.24) is 10.0 Å². The highest BCUT2D eigenvalue weighted by Gasteiger charge is 2.46. The lowest BCUT2D eigenvalue weighted by Gasteiger charge is -2.11. The second-order valence-corrected chi connectivity index (χ2v) is 11.1. The van der Waals surface area contributed by atoms with Crippen LogP contribution >= 0.6 is 0 Å². The number of hydrogen-bond acceptors (Lipinski definition) is 7. The molecule has 10 nitrogen and oxygen atoms in total. The van der Waals surface area contributed by atoms with Crippen molar-refractivity contribution < 1.29 is 73.9 Å². The summed E-state index contributed by atoms with van der Waals surface area (Å²) in [5.41, 5.74) is -16.3. The molecule has 0 aromatic carbocycles. The van der Waals surface area contributed by atoms with E-state index in [1.807, 2.05) is 0 Å². The van der Waals surface area contributed by atoms with Crippen molar-refractivity contribution in [2.75, 3.05) is 0 Å². The predicted octanol–water partition coefficient (Wildman–Crippen LogP) is 3.01. The molecule has 0 aliphatic heterocycles. The largest absolute Gasteiger partial charge is 0.522 e. The Balaban J connectivity index is -0.000000179. The van der Waals surface area contributed by atoms with Crippen LogP contribution in [-0.2, 0) is 30.3 Å². The summed E-state index contributed by atoms with van der Waals surface area (Å²) in [6.07, 6.45) is 0. The Hall–Kier alpha value is -0.940. The fourth-order valence-corrected chi connectivity index (χ4v) is 1.80. The highest BCUT2D eigenvalue weighted by atomic mass is 32.2. The smallest absolute Gasteiger partial charge is 0.312 e. The van der Waals surface area contributed by atoms with E-state index in [1.165, 1.54) is 18.6 Å². The number of halogens is 9. The van der Waals surface area contributed by atoms with Crippen molar-refractivity contribution >= 4 is 30.3 Å². The molecule has 34 heavy (non-hydrogen) atoms. The van der Waals surface area contributed by atoms with E-state index in [0.29, 0.717) is 12.1 Å². The van der Waals surface area contributed by atoms with Crippen LogP contribution in [0.3, 0.4) is 0 Å². The quantitative estimate of drug-likeness (QED) is 0.218. The van der Waals surface area contributed by atoms with Gasteiger partial charge in [-0.2, -0.15) is 56.3 Å². The summed E-state index contributed by atoms with van der Waals surface area (Å²) in [6, 6.07) is 0.502. The van der Waals surface area contributed by atoms with Gasteiger partial charge in [-0.25, -0.2) is 13.1 Å². The summed E-state index contributed by atoms with van der Waals surface area (Å²) in [4.78, 5) is 0. The second kappa shape index (κ2) is 14.6. The minimum absolute atomic E-state index is 0.625. The number of hydrogen-bond donors (Lipinski definition) is 4. The zero-order chi connectivity index (χ0) is 29.1. The summed E-state index contributed by atoms with van der Waals surface area (Å²) in [6.45, 7) is 11.2. The number of nitrogens with one attached hydrogen (secondary N) is 2. The molecule has 22 heteroatoms. The van der Waals surface area contributed by atoms with Crippen LogP contribution in [0.5, 0.6) is 0 Å². The van der Waals surface area contributed by atoms with Gasteiger partial charge in [0.15, 0.2) is 0 Å². The molecule has 0 fully saturated rings. The summed E-state index contributed by atoms with van der Waals surface area (Å²) in [5, 5.41) is 3.31. The standard InChI is InChI=1S/C6H15N.C4H8F3NO2S.2CHF3O3S/c1-5(2)7-6(3)4;1-3(2)8-11(9,10)4(5,6)7;2*2-1(3,4)8(5,6)7/h5-7H,1-4H3;3,8H,1-2H3;2*(H,5,6,7). The molecule has 212 valence electrons. The Morgan fingerprint density at radius 3 is 0.765 bits per heavy atom. The molecular weight excluding hydrogens is 567 g/mol. The highest BCUT2D eigenvalue weighted by molar-refractivity contribution is 7.90. The van der Waals surface area contributed by atoms with Crippen LogP contribution in [-0.4, -0.2) is 69.0 Å². The normalized spacial score (nSPS) is 13.4. The van der Waals surface area contributed by atoms with Crippen LogP contribution in [0, 0.1) is 0 Å². The molecule has 0 atom stereocenters. The van der Waals surface area contributed by atoms with Gasteiger partial charge in [0, 0.05) is 18.1 Å². The van der Waals surface area contributed by atoms with Crippen molar-refractivity contribution in [1.29, 1.82) is 0 Å². The van der Waals surface area contributed by atoms with E-state index in [-0.39, 0.29) is 0 Å². The van der Waals surface area contributed by atoms with E-state index in [0.717, 1.165) is 0 Å². The van der Waals surface area contributed by atoms with E-state index in [4.69, 9.17) is 25.9 Å². The van der Waals surface area contributed by atoms with Crippen molar-refractivity contribution in [2.24, 2.45) is 0 Å². The van der Waals surface area contributed by atoms with Gasteiger partial charge in [-0.3, -0.25) is 9.11 Å². The van der Waals surface area contributed by atoms with Crippen LogP contribution in [0.4, 0.5) is 39.5 Å². The van der Waals surface area contributed by atoms with Gasteiger partial charge in [-0.1, -0.05) is 27.7 Å². The van der Waals surface area contributed by atoms with E-state index >= 15 is 0 Å². The van der Waals surface area contributed by atoms with E-state index in [2.05, 4.69) is 33.0 Å². The van der Waals surface area contributed by atoms with Gasteiger partial charge in [0.05, 0.1) is 0 Å². The van der Waals surface area contributed by atoms with Gasteiger partial charge >= 0.3 is 46.8 Å². The van der Waals surface area contributed by atoms with Gasteiger partial charge in [0.1, 0.15) is 0 Å². The molecule has 0 aromatic heterocycles. The molecule has 0 saturated heterocycles. The number of sulfonamides is 1. The van der Waals surface area contributed by atoms with Crippen molar-refractivity contribution in [2.45, 2.75) is 76.2 Å². The molecule has 0 amide bonds. The van der Waals surface area contributed by atoms with Gasteiger partial charge in [0.2, 0.25) is 0 Å². The van der Waals surface area contributed by atoms with Crippen LogP contribution in [0.15, 0.2) is 0 Å². The molecule has 0 aliphatic rings. The molecule has 0 aromatic rings. The molecule has 0 rings (SSSR count). The zero-order valence-electron chi connectivity index (χ0n) is 18.2. The van der Waals surface area contributed by atoms with Crippen LogP contribution in [0.25, 0.3) is 0 Å². The summed E-state index contributed by atoms with van der Waals surface area (Å²) >= 11 is 0. The summed E-state index contributed by atoms with van der Waals surface area (Å²) in [7, 11) is -16.8. The molecule has 0 unspecified atom stereocenters. The Bertz CT molecular complexity index is 829. The average Bonchev–Trinajstić information content (AvgIpc) is 2.40.